The maximum Gasteiger partial charge on any atom is 0.0948 e. The fraction of sp³-hybridized carbons (Fsp3) is 0.769. The highest BCUT2D eigenvalue weighted by atomic mass is 15.3. The first-order chi connectivity index (χ1) is 8.33. The lowest BCUT2D eigenvalue weighted by Gasteiger charge is -2.32. The first-order valence-electron chi connectivity index (χ1n) is 6.74. The van der Waals surface area contributed by atoms with Crippen molar-refractivity contribution >= 4 is 0 Å². The maximum absolute atomic E-state index is 4.30. The van der Waals surface area contributed by atoms with E-state index in [0.717, 1.165) is 12.5 Å². The van der Waals surface area contributed by atoms with Crippen molar-refractivity contribution in [3.05, 3.63) is 18.2 Å². The summed E-state index contributed by atoms with van der Waals surface area (Å²) in [6.07, 6.45) is 6.78. The molecular formula is C13H22N4. The fourth-order valence-electron chi connectivity index (χ4n) is 2.56. The summed E-state index contributed by atoms with van der Waals surface area (Å²) in [7, 11) is 2.21. The lowest BCUT2D eigenvalue weighted by molar-refractivity contribution is 0.150. The van der Waals surface area contributed by atoms with Crippen molar-refractivity contribution in [1.82, 2.24) is 19.4 Å². The van der Waals surface area contributed by atoms with Gasteiger partial charge in [-0.2, -0.15) is 0 Å². The van der Waals surface area contributed by atoms with Gasteiger partial charge in [-0.05, 0) is 19.9 Å². The van der Waals surface area contributed by atoms with Crippen molar-refractivity contribution in [1.29, 1.82) is 0 Å². The molecule has 0 aromatic carbocycles. The normalized spacial score (nSPS) is 23.1. The highest BCUT2D eigenvalue weighted by Gasteiger charge is 2.26. The molecule has 0 amide bonds. The van der Waals surface area contributed by atoms with Gasteiger partial charge in [0.2, 0.25) is 0 Å². The second-order valence-corrected chi connectivity index (χ2v) is 5.43. The van der Waals surface area contributed by atoms with Gasteiger partial charge in [-0.3, -0.25) is 4.90 Å². The van der Waals surface area contributed by atoms with E-state index in [0.29, 0.717) is 0 Å². The molecule has 0 radical (unpaired) electrons. The van der Waals surface area contributed by atoms with E-state index in [1.807, 2.05) is 6.33 Å². The molecule has 94 valence electrons. The Morgan fingerprint density at radius 2 is 1.94 bits per heavy atom. The van der Waals surface area contributed by atoms with Crippen molar-refractivity contribution < 1.29 is 0 Å². The molecule has 1 aliphatic carbocycles. The van der Waals surface area contributed by atoms with Crippen LogP contribution >= 0.6 is 0 Å². The fourth-order valence-corrected chi connectivity index (χ4v) is 2.56. The molecule has 2 aliphatic rings. The van der Waals surface area contributed by atoms with E-state index in [1.54, 1.807) is 0 Å². The van der Waals surface area contributed by atoms with Crippen molar-refractivity contribution in [3.63, 3.8) is 0 Å². The molecule has 0 bridgehead atoms. The van der Waals surface area contributed by atoms with Gasteiger partial charge in [0.05, 0.1) is 6.33 Å². The van der Waals surface area contributed by atoms with E-state index in [-0.39, 0.29) is 0 Å². The van der Waals surface area contributed by atoms with Crippen LogP contribution in [0.25, 0.3) is 0 Å². The summed E-state index contributed by atoms with van der Waals surface area (Å²) in [5.74, 6) is 0.810. The molecule has 4 heteroatoms. The minimum absolute atomic E-state index is 0.810. The molecule has 17 heavy (non-hydrogen) atoms. The minimum atomic E-state index is 0.810. The van der Waals surface area contributed by atoms with Gasteiger partial charge in [-0.1, -0.05) is 0 Å². The molecule has 2 fully saturated rings. The van der Waals surface area contributed by atoms with Crippen LogP contribution in [0.1, 0.15) is 24.5 Å². The monoisotopic (exact) mass is 234 g/mol. The van der Waals surface area contributed by atoms with Gasteiger partial charge >= 0.3 is 0 Å². The molecule has 0 unspecified atom stereocenters. The van der Waals surface area contributed by atoms with Crippen molar-refractivity contribution in [2.24, 2.45) is 0 Å². The summed E-state index contributed by atoms with van der Waals surface area (Å²) in [5.41, 5.74) is 1.46. The largest absolute Gasteiger partial charge is 0.333 e. The summed E-state index contributed by atoms with van der Waals surface area (Å²) in [6.45, 7) is 7.12. The van der Waals surface area contributed by atoms with Crippen LogP contribution in [0.15, 0.2) is 12.5 Å². The Bertz CT molecular complexity index is 361. The maximum atomic E-state index is 4.30. The smallest absolute Gasteiger partial charge is 0.0948 e. The highest BCUT2D eigenvalue weighted by Crippen LogP contribution is 2.39. The Morgan fingerprint density at radius 1 is 1.18 bits per heavy atom. The molecule has 1 aromatic heterocycles. The Kier molecular flexibility index (Phi) is 3.16. The third-order valence-electron chi connectivity index (χ3n) is 3.99. The number of aromatic nitrogens is 2. The zero-order valence-corrected chi connectivity index (χ0v) is 10.7. The summed E-state index contributed by atoms with van der Waals surface area (Å²) in [6, 6.07) is 0. The van der Waals surface area contributed by atoms with Gasteiger partial charge < -0.3 is 9.47 Å². The molecule has 0 spiro atoms. The second kappa shape index (κ2) is 4.78. The number of piperazine rings is 1. The van der Waals surface area contributed by atoms with E-state index < -0.39 is 0 Å². The van der Waals surface area contributed by atoms with Gasteiger partial charge in [-0.15, -0.1) is 0 Å². The van der Waals surface area contributed by atoms with Crippen molar-refractivity contribution in [3.8, 4) is 0 Å². The molecule has 2 heterocycles. The predicted octanol–water partition coefficient (Wildman–Crippen LogP) is 1.01. The van der Waals surface area contributed by atoms with Crippen molar-refractivity contribution in [2.75, 3.05) is 39.8 Å². The quantitative estimate of drug-likeness (QED) is 0.777. The Hall–Kier alpha value is -0.870. The number of likely N-dealkylation sites (N-methyl/N-ethyl adjacent to an activating group) is 1. The average Bonchev–Trinajstić information content (AvgIpc) is 3.08. The van der Waals surface area contributed by atoms with Crippen LogP contribution in [-0.4, -0.2) is 59.1 Å². The van der Waals surface area contributed by atoms with E-state index in [9.17, 15) is 0 Å². The minimum Gasteiger partial charge on any atom is -0.333 e. The topological polar surface area (TPSA) is 24.3 Å². The van der Waals surface area contributed by atoms with Crippen LogP contribution in [0.4, 0.5) is 0 Å². The molecule has 0 atom stereocenters. The van der Waals surface area contributed by atoms with Gasteiger partial charge in [0.25, 0.3) is 0 Å². The Morgan fingerprint density at radius 3 is 2.65 bits per heavy atom. The third-order valence-corrected chi connectivity index (χ3v) is 3.99. The van der Waals surface area contributed by atoms with E-state index in [1.165, 1.54) is 51.3 Å². The lowest BCUT2D eigenvalue weighted by atomic mass is 10.3. The number of nitrogens with zero attached hydrogens (tertiary/aromatic N) is 4. The van der Waals surface area contributed by atoms with Crippen LogP contribution < -0.4 is 0 Å². The van der Waals surface area contributed by atoms with E-state index >= 15 is 0 Å². The molecule has 1 aromatic rings. The Balaban J connectivity index is 1.51. The summed E-state index contributed by atoms with van der Waals surface area (Å²) in [4.78, 5) is 9.27. The molecule has 3 rings (SSSR count). The molecule has 4 nitrogen and oxygen atoms in total. The van der Waals surface area contributed by atoms with Crippen LogP contribution in [0, 0.1) is 0 Å². The molecule has 1 saturated carbocycles. The third kappa shape index (κ3) is 2.69. The molecule has 0 N–H and O–H groups in total. The SMILES string of the molecule is CN1CCN(CCn2cncc2C2CC2)CC1. The van der Waals surface area contributed by atoms with Crippen LogP contribution in [-0.2, 0) is 6.54 Å². The van der Waals surface area contributed by atoms with E-state index in [2.05, 4.69) is 32.6 Å². The zero-order chi connectivity index (χ0) is 11.7. The predicted molar refractivity (Wildman–Crippen MR) is 68.1 cm³/mol. The van der Waals surface area contributed by atoms with Crippen LogP contribution in [0.2, 0.25) is 0 Å². The van der Waals surface area contributed by atoms with Gasteiger partial charge in [0, 0.05) is 57.1 Å². The zero-order valence-electron chi connectivity index (χ0n) is 10.7. The molecule has 1 aliphatic heterocycles. The molecular weight excluding hydrogens is 212 g/mol. The Labute approximate surface area is 103 Å². The number of hydrogen-bond donors (Lipinski definition) is 0. The van der Waals surface area contributed by atoms with Crippen molar-refractivity contribution in [2.45, 2.75) is 25.3 Å². The first kappa shape index (κ1) is 11.2. The van der Waals surface area contributed by atoms with E-state index in [4.69, 9.17) is 0 Å². The van der Waals surface area contributed by atoms with Gasteiger partial charge in [0.15, 0.2) is 0 Å². The van der Waals surface area contributed by atoms with Gasteiger partial charge in [0.1, 0.15) is 0 Å². The van der Waals surface area contributed by atoms with Gasteiger partial charge in [-0.25, -0.2) is 4.98 Å². The summed E-state index contributed by atoms with van der Waals surface area (Å²) in [5, 5.41) is 0. The molecule has 1 saturated heterocycles. The summed E-state index contributed by atoms with van der Waals surface area (Å²) < 4.78 is 2.36. The average molecular weight is 234 g/mol. The lowest BCUT2D eigenvalue weighted by Crippen LogP contribution is -2.45. The highest BCUT2D eigenvalue weighted by molar-refractivity contribution is 5.12. The van der Waals surface area contributed by atoms with Crippen LogP contribution in [0.3, 0.4) is 0 Å². The number of hydrogen-bond acceptors (Lipinski definition) is 3. The standard InChI is InChI=1S/C13H22N4/c1-15-4-6-16(7-5-15)8-9-17-11-14-10-13(17)12-2-3-12/h10-12H,2-9H2,1H3. The summed E-state index contributed by atoms with van der Waals surface area (Å²) >= 11 is 0. The number of rotatable bonds is 4. The number of imidazole rings is 1. The first-order valence-corrected chi connectivity index (χ1v) is 6.74. The van der Waals surface area contributed by atoms with Crippen LogP contribution in [0.5, 0.6) is 0 Å². The second-order valence-electron chi connectivity index (χ2n) is 5.43.